The minimum Gasteiger partial charge on any atom is -0.411 e. The van der Waals surface area contributed by atoms with Crippen LogP contribution in [0.1, 0.15) is 44.6 Å². The Hall–Kier alpha value is -0.960. The minimum atomic E-state index is 0.236. The summed E-state index contributed by atoms with van der Waals surface area (Å²) in [7, 11) is 0. The summed E-state index contributed by atoms with van der Waals surface area (Å²) in [6.07, 6.45) is 6.05. The fraction of sp³-hybridized carbons (Fsp3) is 0.588. The summed E-state index contributed by atoms with van der Waals surface area (Å²) < 4.78 is 0.236. The van der Waals surface area contributed by atoms with Crippen molar-refractivity contribution in [3.63, 3.8) is 0 Å². The van der Waals surface area contributed by atoms with E-state index >= 15 is 0 Å². The molecule has 2 fully saturated rings. The molecular weight excluding hydrogens is 266 g/mol. The van der Waals surface area contributed by atoms with Crippen molar-refractivity contribution < 1.29 is 5.21 Å². The SMILES string of the molecule is CC(C/C(=N/O)C1CC1)(SCc1ccccc1)C1CC1. The topological polar surface area (TPSA) is 32.6 Å². The highest BCUT2D eigenvalue weighted by Gasteiger charge is 2.44. The summed E-state index contributed by atoms with van der Waals surface area (Å²) in [5.41, 5.74) is 2.43. The molecule has 3 rings (SSSR count). The third-order valence-corrected chi connectivity index (χ3v) is 6.18. The van der Waals surface area contributed by atoms with Gasteiger partial charge in [-0.3, -0.25) is 0 Å². The van der Waals surface area contributed by atoms with Crippen molar-refractivity contribution >= 4 is 17.5 Å². The van der Waals surface area contributed by atoms with Crippen molar-refractivity contribution in [1.82, 2.24) is 0 Å². The minimum absolute atomic E-state index is 0.236. The van der Waals surface area contributed by atoms with Gasteiger partial charge in [0.1, 0.15) is 0 Å². The van der Waals surface area contributed by atoms with E-state index in [1.165, 1.54) is 31.2 Å². The lowest BCUT2D eigenvalue weighted by atomic mass is 9.96. The predicted octanol–water partition coefficient (Wildman–Crippen LogP) is 4.72. The first-order valence-electron chi connectivity index (χ1n) is 7.60. The Kier molecular flexibility index (Phi) is 4.06. The van der Waals surface area contributed by atoms with E-state index in [1.807, 2.05) is 11.8 Å². The lowest BCUT2D eigenvalue weighted by Gasteiger charge is -2.29. The summed E-state index contributed by atoms with van der Waals surface area (Å²) in [6, 6.07) is 10.7. The van der Waals surface area contributed by atoms with Crippen LogP contribution in [0.2, 0.25) is 0 Å². The van der Waals surface area contributed by atoms with Crippen LogP contribution >= 0.6 is 11.8 Å². The maximum atomic E-state index is 9.27. The second-order valence-corrected chi connectivity index (χ2v) is 7.91. The molecule has 2 nitrogen and oxygen atoms in total. The summed E-state index contributed by atoms with van der Waals surface area (Å²) in [5.74, 6) is 2.42. The van der Waals surface area contributed by atoms with Crippen LogP contribution in [0.25, 0.3) is 0 Å². The molecule has 0 bridgehead atoms. The maximum Gasteiger partial charge on any atom is 0.0615 e. The standard InChI is InChI=1S/C17H23NOS/c1-17(15-9-10-15,11-16(18-19)14-7-8-14)20-12-13-5-3-2-4-6-13/h2-6,14-15,19H,7-12H2,1H3/b18-16-. The van der Waals surface area contributed by atoms with E-state index in [1.54, 1.807) is 0 Å². The predicted molar refractivity (Wildman–Crippen MR) is 85.4 cm³/mol. The lowest BCUT2D eigenvalue weighted by Crippen LogP contribution is -2.28. The molecule has 0 aromatic heterocycles. The van der Waals surface area contributed by atoms with Crippen molar-refractivity contribution in [2.75, 3.05) is 0 Å². The van der Waals surface area contributed by atoms with Gasteiger partial charge in [0.2, 0.25) is 0 Å². The second-order valence-electron chi connectivity index (χ2n) is 6.40. The van der Waals surface area contributed by atoms with E-state index in [0.717, 1.165) is 23.8 Å². The van der Waals surface area contributed by atoms with E-state index in [9.17, 15) is 5.21 Å². The molecule has 2 aliphatic rings. The molecular formula is C17H23NOS. The molecule has 3 heteroatoms. The molecule has 0 amide bonds. The lowest BCUT2D eigenvalue weighted by molar-refractivity contribution is 0.314. The zero-order valence-electron chi connectivity index (χ0n) is 12.1. The molecule has 0 saturated heterocycles. The number of nitrogens with zero attached hydrogens (tertiary/aromatic N) is 1. The number of oxime groups is 1. The van der Waals surface area contributed by atoms with Crippen LogP contribution in [0.4, 0.5) is 0 Å². The largest absolute Gasteiger partial charge is 0.411 e. The molecule has 1 N–H and O–H groups in total. The molecule has 0 heterocycles. The molecule has 1 aromatic rings. The molecule has 0 radical (unpaired) electrons. The molecule has 2 aliphatic carbocycles. The van der Waals surface area contributed by atoms with E-state index in [2.05, 4.69) is 42.4 Å². The molecule has 108 valence electrons. The summed E-state index contributed by atoms with van der Waals surface area (Å²) in [4.78, 5) is 0. The van der Waals surface area contributed by atoms with Crippen molar-refractivity contribution in [3.05, 3.63) is 35.9 Å². The van der Waals surface area contributed by atoms with Gasteiger partial charge in [0.15, 0.2) is 0 Å². The van der Waals surface area contributed by atoms with Gasteiger partial charge in [0.25, 0.3) is 0 Å². The normalized spacial score (nSPS) is 22.6. The van der Waals surface area contributed by atoms with Crippen molar-refractivity contribution in [2.24, 2.45) is 17.0 Å². The number of hydrogen-bond donors (Lipinski definition) is 1. The Labute approximate surface area is 125 Å². The summed E-state index contributed by atoms with van der Waals surface area (Å²) >= 11 is 2.04. The third kappa shape index (κ3) is 3.38. The average Bonchev–Trinajstić information content (AvgIpc) is 3.34. The smallest absolute Gasteiger partial charge is 0.0615 e. The monoisotopic (exact) mass is 289 g/mol. The van der Waals surface area contributed by atoms with Crippen LogP contribution in [-0.2, 0) is 5.75 Å². The van der Waals surface area contributed by atoms with Crippen LogP contribution in [0.15, 0.2) is 35.5 Å². The van der Waals surface area contributed by atoms with Crippen LogP contribution in [0, 0.1) is 11.8 Å². The first-order chi connectivity index (χ1) is 9.71. The average molecular weight is 289 g/mol. The second kappa shape index (κ2) is 5.80. The van der Waals surface area contributed by atoms with Crippen molar-refractivity contribution in [1.29, 1.82) is 0 Å². The number of benzene rings is 1. The van der Waals surface area contributed by atoms with Gasteiger partial charge in [0.05, 0.1) is 5.71 Å². The van der Waals surface area contributed by atoms with Gasteiger partial charge < -0.3 is 5.21 Å². The number of thioether (sulfide) groups is 1. The third-order valence-electron chi connectivity index (χ3n) is 4.56. The van der Waals surface area contributed by atoms with Crippen LogP contribution in [0.5, 0.6) is 0 Å². The fourth-order valence-electron chi connectivity index (χ4n) is 2.87. The molecule has 20 heavy (non-hydrogen) atoms. The van der Waals surface area contributed by atoms with Crippen molar-refractivity contribution in [2.45, 2.75) is 49.5 Å². The zero-order valence-corrected chi connectivity index (χ0v) is 12.9. The van der Waals surface area contributed by atoms with E-state index in [-0.39, 0.29) is 4.75 Å². The first-order valence-corrected chi connectivity index (χ1v) is 8.58. The number of hydrogen-bond acceptors (Lipinski definition) is 3. The van der Waals surface area contributed by atoms with Gasteiger partial charge in [-0.2, -0.15) is 0 Å². The Bertz CT molecular complexity index is 479. The highest BCUT2D eigenvalue weighted by atomic mass is 32.2. The van der Waals surface area contributed by atoms with Crippen LogP contribution < -0.4 is 0 Å². The van der Waals surface area contributed by atoms with Gasteiger partial charge in [0, 0.05) is 22.8 Å². The molecule has 1 unspecified atom stereocenters. The van der Waals surface area contributed by atoms with Crippen LogP contribution in [-0.4, -0.2) is 15.7 Å². The van der Waals surface area contributed by atoms with Crippen molar-refractivity contribution in [3.8, 4) is 0 Å². The van der Waals surface area contributed by atoms with Crippen LogP contribution in [0.3, 0.4) is 0 Å². The molecule has 2 saturated carbocycles. The van der Waals surface area contributed by atoms with E-state index in [4.69, 9.17) is 0 Å². The van der Waals surface area contributed by atoms with Gasteiger partial charge >= 0.3 is 0 Å². The highest BCUT2D eigenvalue weighted by Crippen LogP contribution is 2.51. The maximum absolute atomic E-state index is 9.27. The molecule has 1 aromatic carbocycles. The summed E-state index contributed by atoms with van der Waals surface area (Å²) in [6.45, 7) is 2.37. The molecule has 0 aliphatic heterocycles. The van der Waals surface area contributed by atoms with E-state index in [0.29, 0.717) is 5.92 Å². The van der Waals surface area contributed by atoms with Gasteiger partial charge in [-0.05, 0) is 44.1 Å². The molecule has 1 atom stereocenters. The Morgan fingerprint density at radius 2 is 1.95 bits per heavy atom. The first kappa shape index (κ1) is 14.0. The number of rotatable bonds is 7. The zero-order chi connectivity index (χ0) is 14.0. The summed E-state index contributed by atoms with van der Waals surface area (Å²) in [5, 5.41) is 12.9. The Balaban J connectivity index is 1.64. The quantitative estimate of drug-likeness (QED) is 0.447. The Morgan fingerprint density at radius 3 is 2.50 bits per heavy atom. The van der Waals surface area contributed by atoms with Gasteiger partial charge in [-0.15, -0.1) is 11.8 Å². The molecule has 0 spiro atoms. The highest BCUT2D eigenvalue weighted by molar-refractivity contribution is 7.99. The van der Waals surface area contributed by atoms with Gasteiger partial charge in [-0.25, -0.2) is 0 Å². The van der Waals surface area contributed by atoms with E-state index < -0.39 is 0 Å². The van der Waals surface area contributed by atoms with Gasteiger partial charge in [-0.1, -0.05) is 35.5 Å². The fourth-order valence-corrected chi connectivity index (χ4v) is 4.28. The Morgan fingerprint density at radius 1 is 1.25 bits per heavy atom.